The van der Waals surface area contributed by atoms with Crippen molar-refractivity contribution in [3.05, 3.63) is 160 Å². The van der Waals surface area contributed by atoms with Crippen LogP contribution in [-0.4, -0.2) is 0 Å². The SMILES string of the molecule is CCC1(C)c2cc(-c3ccccc3)ccc2-c2c1c1c(c3ccc(CN)cc23)CC(c2ccc(C)cc2)(C2C=CC(C)=CC2)C=C1. The lowest BCUT2D eigenvalue weighted by Crippen LogP contribution is -2.37. The monoisotopic (exact) mass is 597 g/mol. The number of nitrogens with two attached hydrogens (primary N) is 1. The summed E-state index contributed by atoms with van der Waals surface area (Å²) in [5.41, 5.74) is 22.5. The molecule has 0 amide bonds. The van der Waals surface area contributed by atoms with E-state index < -0.39 is 0 Å². The zero-order valence-corrected chi connectivity index (χ0v) is 27.5. The van der Waals surface area contributed by atoms with Crippen LogP contribution >= 0.6 is 0 Å². The molecule has 0 fully saturated rings. The average Bonchev–Trinajstić information content (AvgIpc) is 3.37. The predicted octanol–water partition coefficient (Wildman–Crippen LogP) is 11.0. The number of allylic oxidation sites excluding steroid dienone is 5. The van der Waals surface area contributed by atoms with Gasteiger partial charge in [0.05, 0.1) is 0 Å². The van der Waals surface area contributed by atoms with E-state index in [1.807, 2.05) is 0 Å². The van der Waals surface area contributed by atoms with E-state index in [0.29, 0.717) is 12.5 Å². The first-order valence-electron chi connectivity index (χ1n) is 17.0. The summed E-state index contributed by atoms with van der Waals surface area (Å²) in [5.74, 6) is 0.387. The van der Waals surface area contributed by atoms with Crippen molar-refractivity contribution in [3.8, 4) is 22.3 Å². The van der Waals surface area contributed by atoms with Crippen LogP contribution in [0.5, 0.6) is 0 Å². The van der Waals surface area contributed by atoms with E-state index >= 15 is 0 Å². The first-order valence-corrected chi connectivity index (χ1v) is 17.0. The molecule has 1 nitrogen and oxygen atoms in total. The van der Waals surface area contributed by atoms with Crippen LogP contribution in [0.3, 0.4) is 0 Å². The Morgan fingerprint density at radius 3 is 2.35 bits per heavy atom. The van der Waals surface area contributed by atoms with Gasteiger partial charge in [-0.05, 0) is 118 Å². The third-order valence-corrected chi connectivity index (χ3v) is 11.6. The van der Waals surface area contributed by atoms with Gasteiger partial charge in [-0.15, -0.1) is 0 Å². The van der Waals surface area contributed by atoms with Crippen molar-refractivity contribution in [1.82, 2.24) is 0 Å². The molecule has 0 radical (unpaired) electrons. The van der Waals surface area contributed by atoms with Crippen LogP contribution in [0, 0.1) is 12.8 Å². The molecular formula is C45H43N. The lowest BCUT2D eigenvalue weighted by Gasteiger charge is -2.43. The molecule has 5 aromatic carbocycles. The van der Waals surface area contributed by atoms with E-state index in [9.17, 15) is 0 Å². The van der Waals surface area contributed by atoms with Crippen molar-refractivity contribution in [2.75, 3.05) is 0 Å². The standard InChI is InChI=1S/C45H43N/c1-5-44(4)41-26-33(32-9-7-6-8-10-32)16-22-38(41)42-39-25-31(28-46)15-21-36(39)40-27-45(24-23-37(40)43(42)44,34-17-11-29(2)12-18-34)35-19-13-30(3)14-20-35/h6-19,21-26,35H,5,20,27-28,46H2,1-4H3. The smallest absolute Gasteiger partial charge is 0.0242 e. The van der Waals surface area contributed by atoms with Crippen LogP contribution in [-0.2, 0) is 23.8 Å². The van der Waals surface area contributed by atoms with Crippen LogP contribution in [0.1, 0.15) is 72.6 Å². The Morgan fingerprint density at radius 2 is 1.63 bits per heavy atom. The minimum absolute atomic E-state index is 0.106. The summed E-state index contributed by atoms with van der Waals surface area (Å²) in [5, 5.41) is 2.72. The van der Waals surface area contributed by atoms with Crippen LogP contribution in [0.2, 0.25) is 0 Å². The van der Waals surface area contributed by atoms with E-state index in [-0.39, 0.29) is 10.8 Å². The van der Waals surface area contributed by atoms with E-state index in [4.69, 9.17) is 5.73 Å². The summed E-state index contributed by atoms with van der Waals surface area (Å²) in [6.45, 7) is 9.80. The van der Waals surface area contributed by atoms with Gasteiger partial charge in [0.1, 0.15) is 0 Å². The molecule has 0 aliphatic heterocycles. The number of hydrogen-bond acceptors (Lipinski definition) is 1. The third-order valence-electron chi connectivity index (χ3n) is 11.6. The summed E-state index contributed by atoms with van der Waals surface area (Å²) < 4.78 is 0. The zero-order chi connectivity index (χ0) is 31.6. The maximum atomic E-state index is 6.30. The molecule has 0 heterocycles. The summed E-state index contributed by atoms with van der Waals surface area (Å²) >= 11 is 0. The second kappa shape index (κ2) is 10.8. The maximum absolute atomic E-state index is 6.30. The highest BCUT2D eigenvalue weighted by Gasteiger charge is 2.45. The molecule has 228 valence electrons. The fraction of sp³-hybridized carbons (Fsp3) is 0.244. The summed E-state index contributed by atoms with van der Waals surface area (Å²) in [6.07, 6.45) is 15.4. The van der Waals surface area contributed by atoms with Crippen molar-refractivity contribution < 1.29 is 0 Å². The Morgan fingerprint density at radius 1 is 0.826 bits per heavy atom. The molecule has 46 heavy (non-hydrogen) atoms. The van der Waals surface area contributed by atoms with Gasteiger partial charge in [0.2, 0.25) is 0 Å². The van der Waals surface area contributed by atoms with Crippen LogP contribution < -0.4 is 5.73 Å². The molecule has 0 bridgehead atoms. The van der Waals surface area contributed by atoms with Gasteiger partial charge in [0.25, 0.3) is 0 Å². The highest BCUT2D eigenvalue weighted by Crippen LogP contribution is 2.58. The number of rotatable bonds is 5. The van der Waals surface area contributed by atoms with Crippen LogP contribution in [0.25, 0.3) is 39.1 Å². The Labute approximate surface area is 274 Å². The molecule has 0 saturated heterocycles. The third kappa shape index (κ3) is 4.25. The van der Waals surface area contributed by atoms with Crippen LogP contribution in [0.15, 0.2) is 121 Å². The Balaban J connectivity index is 1.41. The lowest BCUT2D eigenvalue weighted by atomic mass is 9.60. The average molecular weight is 598 g/mol. The fourth-order valence-electron chi connectivity index (χ4n) is 8.74. The van der Waals surface area contributed by atoms with E-state index in [2.05, 4.69) is 149 Å². The number of aryl methyl sites for hydroxylation is 1. The summed E-state index contributed by atoms with van der Waals surface area (Å²) in [7, 11) is 0. The quantitative estimate of drug-likeness (QED) is 0.214. The summed E-state index contributed by atoms with van der Waals surface area (Å²) in [4.78, 5) is 0. The van der Waals surface area contributed by atoms with Gasteiger partial charge in [0, 0.05) is 17.4 Å². The van der Waals surface area contributed by atoms with Crippen molar-refractivity contribution in [2.45, 2.75) is 64.3 Å². The second-order valence-electron chi connectivity index (χ2n) is 14.1. The van der Waals surface area contributed by atoms with E-state index in [1.165, 1.54) is 77.5 Å². The second-order valence-corrected chi connectivity index (χ2v) is 14.1. The van der Waals surface area contributed by atoms with Crippen molar-refractivity contribution in [2.24, 2.45) is 11.7 Å². The molecule has 0 aromatic heterocycles. The minimum Gasteiger partial charge on any atom is -0.326 e. The lowest BCUT2D eigenvalue weighted by molar-refractivity contribution is 0.389. The molecule has 8 rings (SSSR count). The van der Waals surface area contributed by atoms with Gasteiger partial charge in [-0.3, -0.25) is 0 Å². The first kappa shape index (κ1) is 29.0. The van der Waals surface area contributed by atoms with Crippen molar-refractivity contribution in [3.63, 3.8) is 0 Å². The first-order chi connectivity index (χ1) is 22.4. The topological polar surface area (TPSA) is 26.0 Å². The van der Waals surface area contributed by atoms with Gasteiger partial charge in [0.15, 0.2) is 0 Å². The highest BCUT2D eigenvalue weighted by molar-refractivity contribution is 6.07. The van der Waals surface area contributed by atoms with Gasteiger partial charge in [-0.2, -0.15) is 0 Å². The van der Waals surface area contributed by atoms with Gasteiger partial charge in [-0.1, -0.05) is 134 Å². The van der Waals surface area contributed by atoms with Crippen molar-refractivity contribution in [1.29, 1.82) is 0 Å². The zero-order valence-electron chi connectivity index (χ0n) is 27.5. The Kier molecular flexibility index (Phi) is 6.81. The maximum Gasteiger partial charge on any atom is 0.0242 e. The van der Waals surface area contributed by atoms with Crippen LogP contribution in [0.4, 0.5) is 0 Å². The molecule has 3 aliphatic carbocycles. The minimum atomic E-state index is -0.128. The van der Waals surface area contributed by atoms with E-state index in [1.54, 1.807) is 0 Å². The predicted molar refractivity (Wildman–Crippen MR) is 196 cm³/mol. The number of hydrogen-bond donors (Lipinski definition) is 1. The molecule has 3 aliphatic rings. The Hall–Kier alpha value is -4.46. The molecule has 3 atom stereocenters. The normalized spacial score (nSPS) is 22.8. The number of fused-ring (bicyclic) bond motifs is 8. The fourth-order valence-corrected chi connectivity index (χ4v) is 8.74. The Bertz CT molecular complexity index is 2090. The molecule has 3 unspecified atom stereocenters. The molecule has 5 aromatic rings. The summed E-state index contributed by atoms with van der Waals surface area (Å²) in [6, 6.07) is 34.4. The molecule has 0 spiro atoms. The number of benzene rings is 5. The highest BCUT2D eigenvalue weighted by atomic mass is 14.5. The molecule has 1 heteroatoms. The van der Waals surface area contributed by atoms with Gasteiger partial charge >= 0.3 is 0 Å². The van der Waals surface area contributed by atoms with Gasteiger partial charge in [-0.25, -0.2) is 0 Å². The van der Waals surface area contributed by atoms with Gasteiger partial charge < -0.3 is 5.73 Å². The molecular weight excluding hydrogens is 555 g/mol. The molecule has 2 N–H and O–H groups in total. The van der Waals surface area contributed by atoms with Crippen molar-refractivity contribution >= 4 is 16.8 Å². The molecule has 0 saturated carbocycles. The van der Waals surface area contributed by atoms with E-state index in [0.717, 1.165) is 19.3 Å². The largest absolute Gasteiger partial charge is 0.326 e.